The van der Waals surface area contributed by atoms with Crippen LogP contribution in [0, 0.1) is 13.8 Å². The molecule has 55 heavy (non-hydrogen) atoms. The quantitative estimate of drug-likeness (QED) is 0.139. The van der Waals surface area contributed by atoms with Crippen molar-refractivity contribution in [1.29, 1.82) is 0 Å². The summed E-state index contributed by atoms with van der Waals surface area (Å²) in [6, 6.07) is 28.8. The molecule has 0 aromatic heterocycles. The van der Waals surface area contributed by atoms with E-state index in [4.69, 9.17) is 13.9 Å². The molecule has 0 aliphatic rings. The maximum Gasteiger partial charge on any atom is 0.407 e. The Morgan fingerprint density at radius 2 is 1.00 bits per heavy atom. The zero-order valence-electron chi connectivity index (χ0n) is 35.4. The molecule has 3 N–H and O–H groups in total. The molecule has 4 aromatic rings. The number of ether oxygens (including phenoxy) is 2. The number of carbonyl (C=O) groups is 2. The molecule has 0 aliphatic heterocycles. The summed E-state index contributed by atoms with van der Waals surface area (Å²) >= 11 is 0. The van der Waals surface area contributed by atoms with Crippen LogP contribution in [0.4, 0.5) is 9.59 Å². The normalized spacial score (nSPS) is 12.0. The van der Waals surface area contributed by atoms with Crippen LogP contribution in [0.2, 0.25) is 18.1 Å². The number of carbonyl (C=O) groups excluding carboxylic acids is 2. The number of aliphatic hydroxyl groups excluding tert-OH is 1. The van der Waals surface area contributed by atoms with Crippen LogP contribution >= 0.6 is 0 Å². The van der Waals surface area contributed by atoms with Crippen molar-refractivity contribution in [3.05, 3.63) is 118 Å². The number of hydrogen-bond acceptors (Lipinski definition) is 6. The maximum atomic E-state index is 12.0. The Bertz CT molecular complexity index is 1900. The van der Waals surface area contributed by atoms with Crippen LogP contribution in [0.5, 0.6) is 0 Å². The van der Waals surface area contributed by atoms with Gasteiger partial charge in [-0.3, -0.25) is 0 Å². The highest BCUT2D eigenvalue weighted by atomic mass is 28.4. The fourth-order valence-electron chi connectivity index (χ4n) is 5.22. The Kier molecular flexibility index (Phi) is 15.5. The minimum absolute atomic E-state index is 0.0206. The van der Waals surface area contributed by atoms with Crippen molar-refractivity contribution in [3.8, 4) is 22.3 Å². The van der Waals surface area contributed by atoms with Crippen LogP contribution < -0.4 is 10.6 Å². The van der Waals surface area contributed by atoms with E-state index in [2.05, 4.69) is 100.0 Å². The predicted molar refractivity (Wildman–Crippen MR) is 227 cm³/mol. The highest BCUT2D eigenvalue weighted by molar-refractivity contribution is 6.74. The van der Waals surface area contributed by atoms with Crippen molar-refractivity contribution in [2.24, 2.45) is 0 Å². The standard InChI is InChI=1S/C26H39NO3Si.C20H25NO3/c1-19-13-14-22(16-23(19)17-27-24(28)30-25(2,3)4)21-12-10-11-20(15-21)18-29-31(8,9)26(5,6)7;1-14-8-9-17(16-7-5-6-15(10-16)13-22)11-18(14)12-21-19(23)24-20(2,3)4/h10-16H,17-18H2,1-9H3,(H,27,28);5-11,22H,12-13H2,1-4H3,(H,21,23). The molecule has 4 aromatic carbocycles. The van der Waals surface area contributed by atoms with Crippen LogP contribution in [0.15, 0.2) is 84.9 Å². The Labute approximate surface area is 331 Å². The third-order valence-corrected chi connectivity index (χ3v) is 13.9. The third-order valence-electron chi connectivity index (χ3n) is 9.45. The van der Waals surface area contributed by atoms with Crippen molar-refractivity contribution >= 4 is 20.5 Å². The molecule has 8 nitrogen and oxygen atoms in total. The van der Waals surface area contributed by atoms with E-state index in [9.17, 15) is 14.7 Å². The molecule has 0 radical (unpaired) electrons. The third kappa shape index (κ3) is 15.0. The van der Waals surface area contributed by atoms with E-state index in [-0.39, 0.29) is 11.6 Å². The highest BCUT2D eigenvalue weighted by Crippen LogP contribution is 2.37. The topological polar surface area (TPSA) is 106 Å². The Morgan fingerprint density at radius 3 is 1.40 bits per heavy atom. The molecule has 298 valence electrons. The number of benzene rings is 4. The van der Waals surface area contributed by atoms with Gasteiger partial charge in [0.2, 0.25) is 0 Å². The van der Waals surface area contributed by atoms with Crippen molar-refractivity contribution in [2.45, 2.75) is 132 Å². The van der Waals surface area contributed by atoms with Crippen molar-refractivity contribution < 1.29 is 28.6 Å². The van der Waals surface area contributed by atoms with Gasteiger partial charge in [0.25, 0.3) is 0 Å². The second-order valence-electron chi connectivity index (χ2n) is 17.6. The molecule has 0 unspecified atom stereocenters. The zero-order valence-corrected chi connectivity index (χ0v) is 36.4. The van der Waals surface area contributed by atoms with Gasteiger partial charge in [0.15, 0.2) is 8.32 Å². The van der Waals surface area contributed by atoms with E-state index in [0.29, 0.717) is 19.7 Å². The summed E-state index contributed by atoms with van der Waals surface area (Å²) in [5.41, 5.74) is 9.76. The fraction of sp³-hybridized carbons (Fsp3) is 0.435. The first-order valence-corrected chi connectivity index (χ1v) is 21.9. The van der Waals surface area contributed by atoms with Crippen molar-refractivity contribution in [2.75, 3.05) is 0 Å². The van der Waals surface area contributed by atoms with Gasteiger partial charge in [-0.2, -0.15) is 0 Å². The predicted octanol–water partition coefficient (Wildman–Crippen LogP) is 11.4. The average Bonchev–Trinajstić information content (AvgIpc) is 3.08. The van der Waals surface area contributed by atoms with Gasteiger partial charge in [-0.1, -0.05) is 81.4 Å². The SMILES string of the molecule is Cc1ccc(-c2cccc(CO)c2)cc1CNC(=O)OC(C)(C)C.Cc1ccc(-c2cccc(CO[Si](C)(C)C(C)(C)C)c2)cc1CNC(=O)OC(C)(C)C. The first-order chi connectivity index (χ1) is 25.5. The molecule has 4 rings (SSSR count). The van der Waals surface area contributed by atoms with Gasteiger partial charge in [0.05, 0.1) is 13.2 Å². The summed E-state index contributed by atoms with van der Waals surface area (Å²) in [4.78, 5) is 23.8. The molecular weight excluding hydrogens is 705 g/mol. The molecule has 9 heteroatoms. The second-order valence-corrected chi connectivity index (χ2v) is 22.4. The lowest BCUT2D eigenvalue weighted by atomic mass is 9.98. The number of amides is 2. The van der Waals surface area contributed by atoms with Crippen LogP contribution in [0.3, 0.4) is 0 Å². The lowest BCUT2D eigenvalue weighted by molar-refractivity contribution is 0.0512. The minimum atomic E-state index is -1.79. The molecule has 2 amide bonds. The molecular formula is C46H64N2O6Si. The van der Waals surface area contributed by atoms with E-state index in [1.807, 2.05) is 84.9 Å². The van der Waals surface area contributed by atoms with E-state index < -0.39 is 31.7 Å². The van der Waals surface area contributed by atoms with E-state index >= 15 is 0 Å². The lowest BCUT2D eigenvalue weighted by Crippen LogP contribution is -2.40. The highest BCUT2D eigenvalue weighted by Gasteiger charge is 2.37. The number of hydrogen-bond donors (Lipinski definition) is 3. The smallest absolute Gasteiger partial charge is 0.407 e. The Balaban J connectivity index is 0.000000305. The molecule has 0 saturated heterocycles. The number of aryl methyl sites for hydroxylation is 2. The summed E-state index contributed by atoms with van der Waals surface area (Å²) in [5.74, 6) is 0. The first-order valence-electron chi connectivity index (χ1n) is 19.0. The zero-order chi connectivity index (χ0) is 41.2. The van der Waals surface area contributed by atoms with E-state index in [0.717, 1.165) is 50.1 Å². The van der Waals surface area contributed by atoms with Gasteiger partial charge in [-0.05, 0) is 153 Å². The molecule has 0 aliphatic carbocycles. The van der Waals surface area contributed by atoms with Gasteiger partial charge >= 0.3 is 12.2 Å². The van der Waals surface area contributed by atoms with Crippen LogP contribution in [-0.2, 0) is 40.2 Å². The maximum absolute atomic E-state index is 12.0. The summed E-state index contributed by atoms with van der Waals surface area (Å²) in [7, 11) is -1.79. The Morgan fingerprint density at radius 1 is 0.600 bits per heavy atom. The summed E-state index contributed by atoms with van der Waals surface area (Å²) in [5, 5.41) is 15.1. The van der Waals surface area contributed by atoms with Gasteiger partial charge in [0.1, 0.15) is 11.2 Å². The average molecular weight is 769 g/mol. The van der Waals surface area contributed by atoms with E-state index in [1.165, 1.54) is 5.56 Å². The van der Waals surface area contributed by atoms with Gasteiger partial charge in [0, 0.05) is 13.1 Å². The fourth-order valence-corrected chi connectivity index (χ4v) is 6.18. The van der Waals surface area contributed by atoms with Crippen molar-refractivity contribution in [1.82, 2.24) is 10.6 Å². The van der Waals surface area contributed by atoms with Crippen LogP contribution in [-0.4, -0.2) is 36.8 Å². The van der Waals surface area contributed by atoms with Crippen LogP contribution in [0.25, 0.3) is 22.3 Å². The minimum Gasteiger partial charge on any atom is -0.444 e. The number of aliphatic hydroxyl groups is 1. The number of nitrogens with one attached hydrogen (secondary N) is 2. The molecule has 0 fully saturated rings. The summed E-state index contributed by atoms with van der Waals surface area (Å²) < 4.78 is 17.0. The second kappa shape index (κ2) is 18.9. The van der Waals surface area contributed by atoms with Gasteiger partial charge in [-0.15, -0.1) is 0 Å². The molecule has 0 saturated carbocycles. The number of alkyl carbamates (subject to hydrolysis) is 2. The van der Waals surface area contributed by atoms with Gasteiger partial charge in [-0.25, -0.2) is 9.59 Å². The molecule has 0 heterocycles. The van der Waals surface area contributed by atoms with Crippen molar-refractivity contribution in [3.63, 3.8) is 0 Å². The van der Waals surface area contributed by atoms with E-state index in [1.54, 1.807) is 0 Å². The summed E-state index contributed by atoms with van der Waals surface area (Å²) in [6.45, 7) is 28.0. The number of rotatable bonds is 10. The lowest BCUT2D eigenvalue weighted by Gasteiger charge is -2.36. The first kappa shape index (κ1) is 44.9. The monoisotopic (exact) mass is 768 g/mol. The van der Waals surface area contributed by atoms with Crippen LogP contribution in [0.1, 0.15) is 95.7 Å². The molecule has 0 atom stereocenters. The largest absolute Gasteiger partial charge is 0.444 e. The Hall–Kier alpha value is -4.44. The molecule has 0 spiro atoms. The summed E-state index contributed by atoms with van der Waals surface area (Å²) in [6.07, 6.45) is -0.823. The van der Waals surface area contributed by atoms with Gasteiger partial charge < -0.3 is 29.6 Å². The molecule has 0 bridgehead atoms.